The highest BCUT2D eigenvalue weighted by atomic mass is 16.4. The maximum Gasteiger partial charge on any atom is 0.356 e. The number of aromatic carboxylic acids is 1. The van der Waals surface area contributed by atoms with E-state index >= 15 is 0 Å². The fourth-order valence-electron chi connectivity index (χ4n) is 2.58. The minimum Gasteiger partial charge on any atom is -0.476 e. The molecule has 0 aromatic carbocycles. The van der Waals surface area contributed by atoms with Crippen molar-refractivity contribution < 1.29 is 19.5 Å². The first-order valence-electron chi connectivity index (χ1n) is 7.54. The van der Waals surface area contributed by atoms with Gasteiger partial charge >= 0.3 is 5.97 Å². The molecule has 2 N–H and O–H groups in total. The van der Waals surface area contributed by atoms with E-state index in [0.717, 1.165) is 0 Å². The maximum absolute atomic E-state index is 12.5. The van der Waals surface area contributed by atoms with Gasteiger partial charge in [-0.25, -0.2) is 14.8 Å². The van der Waals surface area contributed by atoms with E-state index in [2.05, 4.69) is 15.3 Å². The van der Waals surface area contributed by atoms with Gasteiger partial charge in [-0.1, -0.05) is 0 Å². The summed E-state index contributed by atoms with van der Waals surface area (Å²) in [7, 11) is 0. The van der Waals surface area contributed by atoms with Crippen molar-refractivity contribution >= 4 is 17.8 Å². The van der Waals surface area contributed by atoms with E-state index in [4.69, 9.17) is 5.11 Å². The van der Waals surface area contributed by atoms with Crippen LogP contribution in [-0.2, 0) is 4.79 Å². The number of carboxylic acid groups (broad SMARTS) is 1. The van der Waals surface area contributed by atoms with E-state index in [1.54, 1.807) is 0 Å². The van der Waals surface area contributed by atoms with Crippen LogP contribution < -0.4 is 5.32 Å². The predicted octanol–water partition coefficient (Wildman–Crippen LogP) is 0.552. The maximum atomic E-state index is 12.5. The Morgan fingerprint density at radius 2 is 1.91 bits per heavy atom. The number of aromatic nitrogens is 2. The number of piperidine rings is 1. The Kier molecular flexibility index (Phi) is 5.25. The third kappa shape index (κ3) is 4.02. The molecule has 0 radical (unpaired) electrons. The molecule has 23 heavy (non-hydrogen) atoms. The van der Waals surface area contributed by atoms with Gasteiger partial charge < -0.3 is 15.3 Å². The topological polar surface area (TPSA) is 112 Å². The van der Waals surface area contributed by atoms with Crippen molar-refractivity contribution in [1.82, 2.24) is 20.2 Å². The Bertz CT molecular complexity index is 617. The van der Waals surface area contributed by atoms with Crippen LogP contribution >= 0.6 is 0 Å². The van der Waals surface area contributed by atoms with Gasteiger partial charge in [-0.3, -0.25) is 9.59 Å². The zero-order valence-electron chi connectivity index (χ0n) is 13.2. The van der Waals surface area contributed by atoms with Gasteiger partial charge in [-0.05, 0) is 26.7 Å². The summed E-state index contributed by atoms with van der Waals surface area (Å²) in [5, 5.41) is 12.0. The SMILES string of the molecule is CC(C)NC(=O)C1CCCN(C(=O)c2nccnc2C(=O)O)C1. The van der Waals surface area contributed by atoms with Gasteiger partial charge in [-0.2, -0.15) is 0 Å². The number of likely N-dealkylation sites (tertiary alicyclic amines) is 1. The first kappa shape index (κ1) is 16.9. The highest BCUT2D eigenvalue weighted by molar-refractivity contribution is 6.02. The summed E-state index contributed by atoms with van der Waals surface area (Å²) < 4.78 is 0. The Hall–Kier alpha value is -2.51. The van der Waals surface area contributed by atoms with E-state index in [-0.39, 0.29) is 35.8 Å². The molecule has 1 aliphatic rings. The van der Waals surface area contributed by atoms with Gasteiger partial charge in [-0.15, -0.1) is 0 Å². The number of nitrogens with zero attached hydrogens (tertiary/aromatic N) is 3. The highest BCUT2D eigenvalue weighted by Crippen LogP contribution is 2.19. The Balaban J connectivity index is 2.14. The number of carbonyl (C=O) groups excluding carboxylic acids is 2. The highest BCUT2D eigenvalue weighted by Gasteiger charge is 2.31. The van der Waals surface area contributed by atoms with Crippen molar-refractivity contribution in [2.45, 2.75) is 32.7 Å². The minimum atomic E-state index is -1.30. The van der Waals surface area contributed by atoms with Crippen LogP contribution in [-0.4, -0.2) is 56.9 Å². The number of nitrogens with one attached hydrogen (secondary N) is 1. The van der Waals surface area contributed by atoms with Crippen molar-refractivity contribution in [2.75, 3.05) is 13.1 Å². The summed E-state index contributed by atoms with van der Waals surface area (Å²) in [6.07, 6.45) is 3.90. The number of amides is 2. The number of carboxylic acids is 1. The molecule has 2 heterocycles. The molecule has 0 spiro atoms. The molecule has 1 fully saturated rings. The molecule has 0 bridgehead atoms. The van der Waals surface area contributed by atoms with Crippen LogP contribution in [0.4, 0.5) is 0 Å². The Morgan fingerprint density at radius 1 is 1.26 bits per heavy atom. The van der Waals surface area contributed by atoms with E-state index in [9.17, 15) is 14.4 Å². The van der Waals surface area contributed by atoms with Crippen LogP contribution in [0.3, 0.4) is 0 Å². The zero-order valence-corrected chi connectivity index (χ0v) is 13.2. The first-order chi connectivity index (χ1) is 10.9. The molecule has 1 aromatic rings. The molecule has 1 unspecified atom stereocenters. The minimum absolute atomic E-state index is 0.0344. The number of hydrogen-bond donors (Lipinski definition) is 2. The monoisotopic (exact) mass is 320 g/mol. The molecule has 1 atom stereocenters. The third-order valence-electron chi connectivity index (χ3n) is 3.61. The summed E-state index contributed by atoms with van der Waals surface area (Å²) in [5.74, 6) is -2.18. The molecular weight excluding hydrogens is 300 g/mol. The molecule has 1 saturated heterocycles. The normalized spacial score (nSPS) is 17.9. The fourth-order valence-corrected chi connectivity index (χ4v) is 2.58. The quantitative estimate of drug-likeness (QED) is 0.838. The smallest absolute Gasteiger partial charge is 0.356 e. The molecule has 8 nitrogen and oxygen atoms in total. The lowest BCUT2D eigenvalue weighted by Gasteiger charge is -2.32. The van der Waals surface area contributed by atoms with Crippen LogP contribution in [0.5, 0.6) is 0 Å². The predicted molar refractivity (Wildman–Crippen MR) is 80.9 cm³/mol. The van der Waals surface area contributed by atoms with E-state index < -0.39 is 11.9 Å². The number of carbonyl (C=O) groups is 3. The second kappa shape index (κ2) is 7.17. The molecular formula is C15H20N4O4. The van der Waals surface area contributed by atoms with Gasteiger partial charge in [0.25, 0.3) is 5.91 Å². The molecule has 0 saturated carbocycles. The molecule has 2 amide bonds. The molecule has 1 aliphatic heterocycles. The van der Waals surface area contributed by atoms with Crippen molar-refractivity contribution in [1.29, 1.82) is 0 Å². The second-order valence-electron chi connectivity index (χ2n) is 5.81. The first-order valence-corrected chi connectivity index (χ1v) is 7.54. The zero-order chi connectivity index (χ0) is 17.0. The fraction of sp³-hybridized carbons (Fsp3) is 0.533. The lowest BCUT2D eigenvalue weighted by atomic mass is 9.96. The molecule has 0 aliphatic carbocycles. The van der Waals surface area contributed by atoms with Crippen LogP contribution in [0.25, 0.3) is 0 Å². The lowest BCUT2D eigenvalue weighted by Crippen LogP contribution is -2.47. The molecule has 1 aromatic heterocycles. The van der Waals surface area contributed by atoms with Crippen molar-refractivity contribution in [2.24, 2.45) is 5.92 Å². The van der Waals surface area contributed by atoms with Gasteiger partial charge in [0.1, 0.15) is 0 Å². The number of hydrogen-bond acceptors (Lipinski definition) is 5. The summed E-state index contributed by atoms with van der Waals surface area (Å²) in [5.41, 5.74) is -0.559. The summed E-state index contributed by atoms with van der Waals surface area (Å²) >= 11 is 0. The van der Waals surface area contributed by atoms with Crippen LogP contribution in [0.2, 0.25) is 0 Å². The lowest BCUT2D eigenvalue weighted by molar-refractivity contribution is -0.126. The largest absolute Gasteiger partial charge is 0.476 e. The summed E-state index contributed by atoms with van der Waals surface area (Å²) in [6.45, 7) is 4.48. The third-order valence-corrected chi connectivity index (χ3v) is 3.61. The second-order valence-corrected chi connectivity index (χ2v) is 5.81. The van der Waals surface area contributed by atoms with Crippen LogP contribution in [0, 0.1) is 5.92 Å². The molecule has 2 rings (SSSR count). The Morgan fingerprint density at radius 3 is 2.52 bits per heavy atom. The summed E-state index contributed by atoms with van der Waals surface area (Å²) in [6, 6.07) is 0.0344. The summed E-state index contributed by atoms with van der Waals surface area (Å²) in [4.78, 5) is 44.9. The van der Waals surface area contributed by atoms with Gasteiger partial charge in [0.15, 0.2) is 11.4 Å². The van der Waals surface area contributed by atoms with E-state index in [1.807, 2.05) is 13.8 Å². The van der Waals surface area contributed by atoms with Gasteiger partial charge in [0.05, 0.1) is 5.92 Å². The molecule has 124 valence electrons. The van der Waals surface area contributed by atoms with Gasteiger partial charge in [0, 0.05) is 31.5 Å². The van der Waals surface area contributed by atoms with Crippen molar-refractivity contribution in [3.63, 3.8) is 0 Å². The standard InChI is InChI=1S/C15H20N4O4/c1-9(2)18-13(20)10-4-3-7-19(8-10)14(21)11-12(15(22)23)17-6-5-16-11/h5-6,9-10H,3-4,7-8H2,1-2H3,(H,18,20)(H,22,23). The average Bonchev–Trinajstić information content (AvgIpc) is 2.53. The molecule has 8 heteroatoms. The average molecular weight is 320 g/mol. The number of rotatable bonds is 4. The van der Waals surface area contributed by atoms with Gasteiger partial charge in [0.2, 0.25) is 5.91 Å². The van der Waals surface area contributed by atoms with Crippen LogP contribution in [0.1, 0.15) is 47.7 Å². The van der Waals surface area contributed by atoms with E-state index in [1.165, 1.54) is 17.3 Å². The van der Waals surface area contributed by atoms with Crippen molar-refractivity contribution in [3.8, 4) is 0 Å². The van der Waals surface area contributed by atoms with E-state index in [0.29, 0.717) is 19.4 Å². The van der Waals surface area contributed by atoms with Crippen molar-refractivity contribution in [3.05, 3.63) is 23.8 Å². The van der Waals surface area contributed by atoms with Crippen LogP contribution in [0.15, 0.2) is 12.4 Å². The Labute approximate surface area is 133 Å².